The maximum atomic E-state index is 13.2. The first-order valence-electron chi connectivity index (χ1n) is 12.6. The van der Waals surface area contributed by atoms with Crippen LogP contribution in [0, 0.1) is 0 Å². The van der Waals surface area contributed by atoms with E-state index in [4.69, 9.17) is 4.74 Å². The van der Waals surface area contributed by atoms with Gasteiger partial charge in [0.15, 0.2) is 6.61 Å². The van der Waals surface area contributed by atoms with E-state index in [1.807, 2.05) is 72.8 Å². The fourth-order valence-electron chi connectivity index (χ4n) is 4.64. The third-order valence-electron chi connectivity index (χ3n) is 6.54. The second-order valence-electron chi connectivity index (χ2n) is 9.29. The molecule has 1 aliphatic carbocycles. The molecule has 0 bridgehead atoms. The average molecular weight is 501 g/mol. The smallest absolute Gasteiger partial charge is 0.326 e. The number of carbonyl (C=O) groups is 3. The molecule has 0 aromatic heterocycles. The van der Waals surface area contributed by atoms with Crippen molar-refractivity contribution in [3.8, 4) is 5.75 Å². The number of fused-ring (bicyclic) bond motifs is 1. The number of ether oxygens (including phenoxy) is 1. The molecule has 7 heteroatoms. The van der Waals surface area contributed by atoms with Crippen molar-refractivity contribution in [1.29, 1.82) is 0 Å². The number of hydrogen-bond acceptors (Lipinski definition) is 4. The minimum Gasteiger partial charge on any atom is -0.483 e. The number of aryl methyl sites for hydroxylation is 1. The molecule has 2 amide bonds. The largest absolute Gasteiger partial charge is 0.483 e. The van der Waals surface area contributed by atoms with Gasteiger partial charge in [-0.05, 0) is 54.0 Å². The number of rotatable bonds is 11. The number of carboxylic acid groups (broad SMARTS) is 1. The Labute approximate surface area is 216 Å². The lowest BCUT2D eigenvalue weighted by atomic mass is 9.91. The van der Waals surface area contributed by atoms with Crippen molar-refractivity contribution < 1.29 is 24.2 Å². The molecule has 3 N–H and O–H groups in total. The van der Waals surface area contributed by atoms with Crippen LogP contribution in [0.25, 0.3) is 0 Å². The lowest BCUT2D eigenvalue weighted by molar-refractivity contribution is -0.142. The molecule has 37 heavy (non-hydrogen) atoms. The second-order valence-corrected chi connectivity index (χ2v) is 9.29. The van der Waals surface area contributed by atoms with Crippen molar-refractivity contribution in [2.75, 3.05) is 6.61 Å². The number of nitrogens with one attached hydrogen (secondary N) is 2. The second kappa shape index (κ2) is 12.7. The summed E-state index contributed by atoms with van der Waals surface area (Å²) in [6.07, 6.45) is 4.52. The van der Waals surface area contributed by atoms with Crippen molar-refractivity contribution in [2.45, 2.75) is 50.6 Å². The Bertz CT molecular complexity index is 1210. The van der Waals surface area contributed by atoms with Gasteiger partial charge in [0.05, 0.1) is 0 Å². The molecule has 4 rings (SSSR count). The first-order valence-corrected chi connectivity index (χ1v) is 12.6. The van der Waals surface area contributed by atoms with Crippen LogP contribution in [0.5, 0.6) is 5.75 Å². The highest BCUT2D eigenvalue weighted by Gasteiger charge is 2.27. The quantitative estimate of drug-likeness (QED) is 0.374. The zero-order valence-electron chi connectivity index (χ0n) is 20.7. The topological polar surface area (TPSA) is 105 Å². The summed E-state index contributed by atoms with van der Waals surface area (Å²) in [7, 11) is 0. The molecule has 3 aromatic carbocycles. The summed E-state index contributed by atoms with van der Waals surface area (Å²) in [6.45, 7) is -0.235. The molecular weight excluding hydrogens is 468 g/mol. The van der Waals surface area contributed by atoms with E-state index in [-0.39, 0.29) is 19.4 Å². The highest BCUT2D eigenvalue weighted by Crippen LogP contribution is 2.29. The summed E-state index contributed by atoms with van der Waals surface area (Å²) >= 11 is 0. The Balaban J connectivity index is 1.43. The molecule has 0 fully saturated rings. The van der Waals surface area contributed by atoms with Crippen LogP contribution in [0.3, 0.4) is 0 Å². The number of aliphatic carboxylic acids is 1. The van der Waals surface area contributed by atoms with Gasteiger partial charge in [0, 0.05) is 12.8 Å². The zero-order chi connectivity index (χ0) is 26.0. The van der Waals surface area contributed by atoms with Gasteiger partial charge in [0.25, 0.3) is 5.91 Å². The maximum Gasteiger partial charge on any atom is 0.326 e. The van der Waals surface area contributed by atoms with E-state index in [0.29, 0.717) is 5.75 Å². The molecule has 0 heterocycles. The number of carbonyl (C=O) groups excluding carboxylic acids is 2. The number of benzene rings is 3. The van der Waals surface area contributed by atoms with Gasteiger partial charge in [-0.2, -0.15) is 0 Å². The summed E-state index contributed by atoms with van der Waals surface area (Å²) < 4.78 is 5.86. The lowest BCUT2D eigenvalue weighted by Crippen LogP contribution is -2.53. The highest BCUT2D eigenvalue weighted by molar-refractivity contribution is 5.91. The van der Waals surface area contributed by atoms with Crippen LogP contribution in [-0.4, -0.2) is 41.6 Å². The van der Waals surface area contributed by atoms with Crippen LogP contribution in [0.1, 0.15) is 35.1 Å². The standard InChI is InChI=1S/C30H32N2O5/c33-28(20-37-27-17-9-15-23-14-7-8-16-24(23)27)31-25(18-21-10-3-1-4-11-21)29(34)32-26(30(35)36)19-22-12-5-2-6-13-22/h1-6,9-13,15,17,25-26H,7-8,14,16,18-20H2,(H,31,33)(H,32,34)(H,35,36)/t25-,26-/m1/s1. The molecular formula is C30H32N2O5. The molecule has 0 radical (unpaired) electrons. The van der Waals surface area contributed by atoms with Gasteiger partial charge >= 0.3 is 5.97 Å². The van der Waals surface area contributed by atoms with Crippen molar-refractivity contribution in [1.82, 2.24) is 10.6 Å². The Kier molecular flexibility index (Phi) is 8.92. The molecule has 192 valence electrons. The third kappa shape index (κ3) is 7.43. The summed E-state index contributed by atoms with van der Waals surface area (Å²) in [5.41, 5.74) is 4.03. The van der Waals surface area contributed by atoms with E-state index in [1.165, 1.54) is 5.56 Å². The van der Waals surface area contributed by atoms with Crippen LogP contribution in [0.2, 0.25) is 0 Å². The summed E-state index contributed by atoms with van der Waals surface area (Å²) in [5, 5.41) is 15.1. The molecule has 1 aliphatic rings. The van der Waals surface area contributed by atoms with Crippen LogP contribution in [0.15, 0.2) is 78.9 Å². The van der Waals surface area contributed by atoms with Gasteiger partial charge in [-0.25, -0.2) is 4.79 Å². The Hall–Kier alpha value is -4.13. The van der Waals surface area contributed by atoms with E-state index in [2.05, 4.69) is 16.7 Å². The number of carboxylic acids is 1. The fraction of sp³-hybridized carbons (Fsp3) is 0.300. The number of hydrogen-bond donors (Lipinski definition) is 3. The molecule has 0 spiro atoms. The highest BCUT2D eigenvalue weighted by atomic mass is 16.5. The minimum atomic E-state index is -1.14. The predicted octanol–water partition coefficient (Wildman–Crippen LogP) is 3.48. The summed E-state index contributed by atoms with van der Waals surface area (Å²) in [4.78, 5) is 38.0. The number of amides is 2. The third-order valence-corrected chi connectivity index (χ3v) is 6.54. The van der Waals surface area contributed by atoms with Gasteiger partial charge in [0.1, 0.15) is 17.8 Å². The normalized spacial score (nSPS) is 14.1. The first kappa shape index (κ1) is 25.9. The monoisotopic (exact) mass is 500 g/mol. The Morgan fingerprint density at radius 1 is 0.757 bits per heavy atom. The molecule has 0 unspecified atom stereocenters. The molecule has 7 nitrogen and oxygen atoms in total. The van der Waals surface area contributed by atoms with Crippen molar-refractivity contribution >= 4 is 17.8 Å². The SMILES string of the molecule is O=C(COc1cccc2c1CCCC2)N[C@H](Cc1ccccc1)C(=O)N[C@H](Cc1ccccc1)C(=O)O. The van der Waals surface area contributed by atoms with Crippen molar-refractivity contribution in [2.24, 2.45) is 0 Å². The minimum absolute atomic E-state index is 0.135. The maximum absolute atomic E-state index is 13.2. The summed E-state index contributed by atoms with van der Waals surface area (Å²) in [5.74, 6) is -1.44. The summed E-state index contributed by atoms with van der Waals surface area (Å²) in [6, 6.07) is 22.2. The zero-order valence-corrected chi connectivity index (χ0v) is 20.7. The Morgan fingerprint density at radius 2 is 1.38 bits per heavy atom. The van der Waals surface area contributed by atoms with Gasteiger partial charge in [-0.1, -0.05) is 72.8 Å². The fourth-order valence-corrected chi connectivity index (χ4v) is 4.64. The van der Waals surface area contributed by atoms with Crippen LogP contribution in [0.4, 0.5) is 0 Å². The van der Waals surface area contributed by atoms with Crippen LogP contribution >= 0.6 is 0 Å². The lowest BCUT2D eigenvalue weighted by Gasteiger charge is -2.22. The van der Waals surface area contributed by atoms with Crippen molar-refractivity contribution in [3.63, 3.8) is 0 Å². The molecule has 0 saturated heterocycles. The van der Waals surface area contributed by atoms with Gasteiger partial charge in [-0.3, -0.25) is 9.59 Å². The van der Waals surface area contributed by atoms with Crippen molar-refractivity contribution in [3.05, 3.63) is 101 Å². The molecule has 0 aliphatic heterocycles. The molecule has 3 aromatic rings. The van der Waals surface area contributed by atoms with Crippen LogP contribution in [-0.2, 0) is 40.1 Å². The van der Waals surface area contributed by atoms with E-state index in [9.17, 15) is 19.5 Å². The van der Waals surface area contributed by atoms with Gasteiger partial charge < -0.3 is 20.5 Å². The van der Waals surface area contributed by atoms with Gasteiger partial charge in [-0.15, -0.1) is 0 Å². The molecule has 2 atom stereocenters. The van der Waals surface area contributed by atoms with Gasteiger partial charge in [0.2, 0.25) is 5.91 Å². The van der Waals surface area contributed by atoms with E-state index < -0.39 is 29.9 Å². The van der Waals surface area contributed by atoms with Crippen LogP contribution < -0.4 is 15.4 Å². The van der Waals surface area contributed by atoms with E-state index in [1.54, 1.807) is 0 Å². The Morgan fingerprint density at radius 3 is 2.03 bits per heavy atom. The van der Waals surface area contributed by atoms with E-state index in [0.717, 1.165) is 42.4 Å². The first-order chi connectivity index (χ1) is 18.0. The predicted molar refractivity (Wildman–Crippen MR) is 140 cm³/mol. The average Bonchev–Trinajstić information content (AvgIpc) is 2.92. The van der Waals surface area contributed by atoms with E-state index >= 15 is 0 Å². The molecule has 0 saturated carbocycles.